The largest absolute Gasteiger partial charge is 0.171 e. The molecule has 0 unspecified atom stereocenters. The molecule has 0 spiro atoms. The van der Waals surface area contributed by atoms with Crippen molar-refractivity contribution in [2.75, 3.05) is 0 Å². The van der Waals surface area contributed by atoms with Crippen LogP contribution in [0.4, 0.5) is 0 Å². The van der Waals surface area contributed by atoms with E-state index >= 15 is 0 Å². The molecule has 34 heavy (non-hydrogen) atoms. The van der Waals surface area contributed by atoms with Gasteiger partial charge in [0.2, 0.25) is 0 Å². The van der Waals surface area contributed by atoms with E-state index < -0.39 is 16.1 Å². The zero-order chi connectivity index (χ0) is 25.2. The minimum Gasteiger partial charge on any atom is -0.126 e. The molecule has 0 fully saturated rings. The summed E-state index contributed by atoms with van der Waals surface area (Å²) in [5, 5.41) is 0. The highest BCUT2D eigenvalue weighted by Crippen LogP contribution is 2.44. The van der Waals surface area contributed by atoms with E-state index in [9.17, 15) is 0 Å². The first-order chi connectivity index (χ1) is 16.2. The summed E-state index contributed by atoms with van der Waals surface area (Å²) < 4.78 is 2.47. The molecule has 0 aliphatic carbocycles. The molecule has 0 aromatic heterocycles. The summed E-state index contributed by atoms with van der Waals surface area (Å²) in [6.07, 6.45) is 4.05. The molecule has 4 heteroatoms. The summed E-state index contributed by atoms with van der Waals surface area (Å²) in [7, 11) is -4.12. The first-order valence-electron chi connectivity index (χ1n) is 12.1. The molecule has 0 N–H and O–H groups in total. The van der Waals surface area contributed by atoms with Crippen LogP contribution in [0.2, 0.25) is 26.2 Å². The predicted molar refractivity (Wildman–Crippen MR) is 165 cm³/mol. The van der Waals surface area contributed by atoms with Crippen LogP contribution in [-0.2, 0) is 0 Å². The number of hydrogen-bond donors (Lipinski definition) is 0. The lowest BCUT2D eigenvalue weighted by Gasteiger charge is -2.27. The van der Waals surface area contributed by atoms with Crippen LogP contribution in [0, 0.1) is 22.9 Å². The highest BCUT2D eigenvalue weighted by molar-refractivity contribution is 9.12. The third-order valence-corrected chi connectivity index (χ3v) is 16.5. The van der Waals surface area contributed by atoms with Gasteiger partial charge < -0.3 is 0 Å². The molecule has 178 valence electrons. The summed E-state index contributed by atoms with van der Waals surface area (Å²) in [5.74, 6) is 6.88. The maximum Gasteiger partial charge on any atom is 0.171 e. The van der Waals surface area contributed by atoms with Crippen molar-refractivity contribution in [3.05, 3.63) is 80.0 Å². The molecule has 0 nitrogen and oxygen atoms in total. The third-order valence-electron chi connectivity index (χ3n) is 5.46. The van der Waals surface area contributed by atoms with E-state index in [0.29, 0.717) is 0 Å². The molecule has 0 saturated carbocycles. The normalized spacial score (nSPS) is 13.1. The summed E-state index contributed by atoms with van der Waals surface area (Å²) >= 11 is 8.23. The fourth-order valence-corrected chi connectivity index (χ4v) is 8.11. The zero-order valence-corrected chi connectivity index (χ0v) is 26.5. The van der Waals surface area contributed by atoms with Crippen molar-refractivity contribution in [1.29, 1.82) is 0 Å². The molecule has 0 bridgehead atoms. The summed E-state index contributed by atoms with van der Waals surface area (Å²) in [5.41, 5.74) is 12.2. The van der Waals surface area contributed by atoms with Gasteiger partial charge in [0.05, 0.1) is 0 Å². The maximum absolute atomic E-state index is 4.11. The van der Waals surface area contributed by atoms with E-state index in [1.807, 2.05) is 0 Å². The van der Waals surface area contributed by atoms with E-state index in [0.717, 1.165) is 25.7 Å². The first kappa shape index (κ1) is 28.7. The molecule has 2 aromatic rings. The maximum atomic E-state index is 4.11. The molecule has 0 atom stereocenters. The van der Waals surface area contributed by atoms with Crippen LogP contribution in [0.3, 0.4) is 0 Å². The van der Waals surface area contributed by atoms with Crippen molar-refractivity contribution in [2.24, 2.45) is 0 Å². The Balaban J connectivity index is 2.95. The van der Waals surface area contributed by atoms with Crippen molar-refractivity contribution in [3.63, 3.8) is 0 Å². The molecule has 2 rings (SSSR count). The average molecular weight is 613 g/mol. The second-order valence-electron chi connectivity index (χ2n) is 9.46. The van der Waals surface area contributed by atoms with Crippen molar-refractivity contribution in [3.8, 4) is 22.9 Å². The lowest BCUT2D eigenvalue weighted by atomic mass is 9.95. The number of allylic oxidation sites excluding steroid dienone is 2. The molecule has 2 aromatic carbocycles. The Hall–Kier alpha value is -1.57. The molecular formula is C30H36Br2Si2. The number of halogens is 2. The molecular weight excluding hydrogens is 576 g/mol. The third kappa shape index (κ3) is 7.72. The highest BCUT2D eigenvalue weighted by atomic mass is 79.9. The molecule has 0 radical (unpaired) electrons. The Kier molecular flexibility index (Phi) is 11.4. The van der Waals surface area contributed by atoms with Crippen molar-refractivity contribution in [2.45, 2.75) is 65.7 Å². The highest BCUT2D eigenvalue weighted by Gasteiger charge is 2.33. The topological polar surface area (TPSA) is 0 Å². The van der Waals surface area contributed by atoms with Crippen molar-refractivity contribution in [1.82, 2.24) is 0 Å². The van der Waals surface area contributed by atoms with Gasteiger partial charge in [-0.15, -0.1) is 22.9 Å². The second kappa shape index (κ2) is 13.5. The summed E-state index contributed by atoms with van der Waals surface area (Å²) in [4.78, 5) is 0. The van der Waals surface area contributed by atoms with Crippen molar-refractivity contribution < 1.29 is 0 Å². The summed E-state index contributed by atoms with van der Waals surface area (Å²) in [6.45, 7) is 13.7. The molecule has 0 heterocycles. The van der Waals surface area contributed by atoms with Gasteiger partial charge >= 0.3 is 0 Å². The average Bonchev–Trinajstić information content (AvgIpc) is 2.83. The standard InChI is InChI=1S/C30H36Br2Si2/c1-7-9-17-23-33(3,4)29(31)27(25-19-13-11-14-20-25)28(26-21-15-12-16-22-26)30(32)34(5,6)24-18-10-8-2/h11-16,19-22H,7-10H2,1-6H3/b29-27+,30-28+. The first-order valence-corrected chi connectivity index (χ1v) is 19.7. The minimum atomic E-state index is -2.06. The van der Waals surface area contributed by atoms with Gasteiger partial charge in [-0.1, -0.05) is 133 Å². The lowest BCUT2D eigenvalue weighted by Crippen LogP contribution is -2.28. The van der Waals surface area contributed by atoms with Crippen LogP contribution in [-0.4, -0.2) is 16.1 Å². The fraction of sp³-hybridized carbons (Fsp3) is 0.333. The van der Waals surface area contributed by atoms with Gasteiger partial charge in [-0.25, -0.2) is 0 Å². The van der Waals surface area contributed by atoms with E-state index in [4.69, 9.17) is 0 Å². The quantitative estimate of drug-likeness (QED) is 0.166. The SMILES string of the molecule is CCCC#C[Si](C)(C)/C(Br)=C(/C(=C(\Br)[Si](C)(C)C#CCCC)c1ccccc1)c1ccccc1. The van der Waals surface area contributed by atoms with Gasteiger partial charge in [0.1, 0.15) is 0 Å². The minimum absolute atomic E-state index is 0.940. The Labute approximate surface area is 226 Å². The van der Waals surface area contributed by atoms with E-state index in [1.54, 1.807) is 0 Å². The van der Waals surface area contributed by atoms with Crippen LogP contribution < -0.4 is 0 Å². The number of rotatable bonds is 7. The number of benzene rings is 2. The van der Waals surface area contributed by atoms with Crippen LogP contribution in [0.15, 0.2) is 68.9 Å². The Morgan fingerprint density at radius 1 is 0.618 bits per heavy atom. The zero-order valence-electron chi connectivity index (χ0n) is 21.4. The van der Waals surface area contributed by atoms with E-state index in [2.05, 4.69) is 155 Å². The second-order valence-corrected chi connectivity index (χ2v) is 20.5. The Morgan fingerprint density at radius 2 is 0.941 bits per heavy atom. The molecule has 0 amide bonds. The molecule has 0 aliphatic heterocycles. The van der Waals surface area contributed by atoms with Gasteiger partial charge in [0.25, 0.3) is 0 Å². The lowest BCUT2D eigenvalue weighted by molar-refractivity contribution is 0.984. The van der Waals surface area contributed by atoms with Gasteiger partial charge in [-0.05, 0) is 35.1 Å². The van der Waals surface area contributed by atoms with E-state index in [1.165, 1.54) is 30.5 Å². The van der Waals surface area contributed by atoms with Gasteiger partial charge in [0.15, 0.2) is 16.1 Å². The van der Waals surface area contributed by atoms with E-state index in [-0.39, 0.29) is 0 Å². The Morgan fingerprint density at radius 3 is 1.24 bits per heavy atom. The fourth-order valence-electron chi connectivity index (χ4n) is 3.52. The summed E-state index contributed by atoms with van der Waals surface area (Å²) in [6, 6.07) is 21.5. The van der Waals surface area contributed by atoms with Crippen LogP contribution in [0.5, 0.6) is 0 Å². The van der Waals surface area contributed by atoms with Gasteiger partial charge in [0, 0.05) is 21.1 Å². The van der Waals surface area contributed by atoms with Crippen LogP contribution in [0.25, 0.3) is 11.1 Å². The monoisotopic (exact) mass is 610 g/mol. The number of hydrogen-bond acceptors (Lipinski definition) is 0. The van der Waals surface area contributed by atoms with Gasteiger partial charge in [-0.3, -0.25) is 0 Å². The van der Waals surface area contributed by atoms with Crippen molar-refractivity contribution >= 4 is 59.2 Å². The predicted octanol–water partition coefficient (Wildman–Crippen LogP) is 9.78. The molecule has 0 aliphatic rings. The van der Waals surface area contributed by atoms with Crippen LogP contribution in [0.1, 0.15) is 50.7 Å². The smallest absolute Gasteiger partial charge is 0.126 e. The van der Waals surface area contributed by atoms with Gasteiger partial charge in [-0.2, -0.15) is 0 Å². The van der Waals surface area contributed by atoms with Crippen LogP contribution >= 0.6 is 31.9 Å². The number of unbranched alkanes of at least 4 members (excludes halogenated alkanes) is 2. The molecule has 0 saturated heterocycles. The Bertz CT molecular complexity index is 1040.